The third-order valence-corrected chi connectivity index (χ3v) is 7.03. The second-order valence-corrected chi connectivity index (χ2v) is 9.32. The predicted octanol–water partition coefficient (Wildman–Crippen LogP) is 3.80. The quantitative estimate of drug-likeness (QED) is 0.683. The van der Waals surface area contributed by atoms with E-state index in [2.05, 4.69) is 5.32 Å². The normalized spacial score (nSPS) is 30.0. The first-order chi connectivity index (χ1) is 14.3. The highest BCUT2D eigenvalue weighted by molar-refractivity contribution is 5.94. The zero-order valence-electron chi connectivity index (χ0n) is 17.1. The highest BCUT2D eigenvalue weighted by atomic mass is 19.1. The van der Waals surface area contributed by atoms with E-state index in [0.29, 0.717) is 23.8 Å². The first-order valence-electron chi connectivity index (χ1n) is 10.7. The molecule has 5 nitrogen and oxygen atoms in total. The molecule has 0 heterocycles. The van der Waals surface area contributed by atoms with E-state index in [4.69, 9.17) is 4.74 Å². The summed E-state index contributed by atoms with van der Waals surface area (Å²) in [6.45, 7) is 1.57. The zero-order valence-corrected chi connectivity index (χ0v) is 17.1. The fourth-order valence-corrected chi connectivity index (χ4v) is 6.20. The molecule has 0 aliphatic heterocycles. The van der Waals surface area contributed by atoms with Crippen LogP contribution in [0.25, 0.3) is 0 Å². The molecule has 4 fully saturated rings. The summed E-state index contributed by atoms with van der Waals surface area (Å²) in [7, 11) is 0. The number of amides is 1. The number of halogens is 2. The zero-order chi connectivity index (χ0) is 21.5. The number of hydrogen-bond donors (Lipinski definition) is 1. The van der Waals surface area contributed by atoms with Gasteiger partial charge in [0.1, 0.15) is 11.6 Å². The fourth-order valence-electron chi connectivity index (χ4n) is 6.20. The van der Waals surface area contributed by atoms with Crippen molar-refractivity contribution >= 4 is 17.7 Å². The van der Waals surface area contributed by atoms with Gasteiger partial charge in [0.25, 0.3) is 5.91 Å². The van der Waals surface area contributed by atoms with Crippen LogP contribution in [0.4, 0.5) is 8.78 Å². The summed E-state index contributed by atoms with van der Waals surface area (Å²) in [6, 6.07) is 2.66. The maximum absolute atomic E-state index is 13.6. The summed E-state index contributed by atoms with van der Waals surface area (Å²) in [5.74, 6) is -1.14. The number of benzene rings is 1. The summed E-state index contributed by atoms with van der Waals surface area (Å²) in [5, 5.41) is 2.41. The molecule has 0 radical (unpaired) electrons. The number of Topliss-reactive ketones (excluding diaryl/α,β-unsaturated/α-hetero) is 1. The summed E-state index contributed by atoms with van der Waals surface area (Å²) in [6.07, 6.45) is 5.50. The molecule has 1 aromatic rings. The van der Waals surface area contributed by atoms with E-state index in [9.17, 15) is 23.2 Å². The minimum atomic E-state index is -0.968. The average molecular weight is 419 g/mol. The van der Waals surface area contributed by atoms with Gasteiger partial charge in [-0.25, -0.2) is 8.78 Å². The lowest BCUT2D eigenvalue weighted by Crippen LogP contribution is -2.52. The van der Waals surface area contributed by atoms with Crippen LogP contribution in [0, 0.1) is 34.8 Å². The Hall–Kier alpha value is -2.31. The van der Waals surface area contributed by atoms with Crippen LogP contribution >= 0.6 is 0 Å². The van der Waals surface area contributed by atoms with Crippen molar-refractivity contribution in [2.75, 3.05) is 6.54 Å². The van der Waals surface area contributed by atoms with Gasteiger partial charge in [0, 0.05) is 18.0 Å². The molecule has 0 saturated heterocycles. The van der Waals surface area contributed by atoms with Gasteiger partial charge in [-0.1, -0.05) is 0 Å². The molecule has 4 aliphatic carbocycles. The van der Waals surface area contributed by atoms with E-state index < -0.39 is 29.6 Å². The predicted molar refractivity (Wildman–Crippen MR) is 104 cm³/mol. The molecule has 1 amide bonds. The van der Waals surface area contributed by atoms with Crippen molar-refractivity contribution < 1.29 is 27.9 Å². The van der Waals surface area contributed by atoms with Crippen LogP contribution in [0.15, 0.2) is 18.2 Å². The number of ketones is 1. The topological polar surface area (TPSA) is 72.5 Å². The molecule has 162 valence electrons. The van der Waals surface area contributed by atoms with Gasteiger partial charge in [-0.05, 0) is 75.3 Å². The molecule has 7 heteroatoms. The van der Waals surface area contributed by atoms with Gasteiger partial charge in [-0.2, -0.15) is 0 Å². The first-order valence-corrected chi connectivity index (χ1v) is 10.7. The molecule has 4 saturated carbocycles. The Morgan fingerprint density at radius 3 is 2.27 bits per heavy atom. The molecule has 0 aromatic heterocycles. The standard InChI is InChI=1S/C23H27F2NO4/c1-13(21(28)23-10-14-6-15(11-23)8-16(7-14)12-23)30-20(27)4-5-26-22(29)18-3-2-17(24)9-19(18)25/h2-3,9,13-16H,4-8,10-12H2,1H3,(H,26,29). The third-order valence-electron chi connectivity index (χ3n) is 7.03. The molecule has 5 rings (SSSR count). The van der Waals surface area contributed by atoms with Crippen molar-refractivity contribution in [1.82, 2.24) is 5.32 Å². The van der Waals surface area contributed by atoms with E-state index in [1.54, 1.807) is 6.92 Å². The monoisotopic (exact) mass is 419 g/mol. The maximum Gasteiger partial charge on any atom is 0.308 e. The number of carbonyl (C=O) groups excluding carboxylic acids is 3. The lowest BCUT2D eigenvalue weighted by molar-refractivity contribution is -0.164. The van der Waals surface area contributed by atoms with Crippen LogP contribution in [-0.4, -0.2) is 30.3 Å². The summed E-state index contributed by atoms with van der Waals surface area (Å²) < 4.78 is 31.9. The van der Waals surface area contributed by atoms with Crippen molar-refractivity contribution in [3.8, 4) is 0 Å². The van der Waals surface area contributed by atoms with Crippen LogP contribution in [0.1, 0.15) is 62.2 Å². The minimum Gasteiger partial charge on any atom is -0.455 e. The van der Waals surface area contributed by atoms with Crippen molar-refractivity contribution in [2.24, 2.45) is 23.2 Å². The van der Waals surface area contributed by atoms with Crippen LogP contribution in [0.3, 0.4) is 0 Å². The van der Waals surface area contributed by atoms with Crippen LogP contribution in [0.5, 0.6) is 0 Å². The van der Waals surface area contributed by atoms with Gasteiger partial charge in [0.2, 0.25) is 0 Å². The van der Waals surface area contributed by atoms with Crippen molar-refractivity contribution in [3.63, 3.8) is 0 Å². The van der Waals surface area contributed by atoms with Gasteiger partial charge in [-0.15, -0.1) is 0 Å². The number of ether oxygens (including phenoxy) is 1. The number of carbonyl (C=O) groups is 3. The van der Waals surface area contributed by atoms with Crippen molar-refractivity contribution in [2.45, 2.75) is 58.0 Å². The number of rotatable bonds is 7. The molecule has 30 heavy (non-hydrogen) atoms. The first kappa shape index (κ1) is 20.9. The lowest BCUT2D eigenvalue weighted by atomic mass is 9.48. The number of esters is 1. The number of nitrogens with one attached hydrogen (secondary N) is 1. The Kier molecular flexibility index (Phi) is 5.64. The van der Waals surface area contributed by atoms with Crippen molar-refractivity contribution in [1.29, 1.82) is 0 Å². The molecule has 4 aliphatic rings. The highest BCUT2D eigenvalue weighted by Crippen LogP contribution is 2.60. The Bertz CT molecular complexity index is 833. The van der Waals surface area contributed by atoms with Crippen LogP contribution in [-0.2, 0) is 14.3 Å². The van der Waals surface area contributed by atoms with Gasteiger partial charge >= 0.3 is 5.97 Å². The molecule has 1 N–H and O–H groups in total. The molecule has 1 aromatic carbocycles. The summed E-state index contributed by atoms with van der Waals surface area (Å²) in [4.78, 5) is 37.3. The van der Waals surface area contributed by atoms with Crippen LogP contribution in [0.2, 0.25) is 0 Å². The second kappa shape index (κ2) is 8.08. The molecular weight excluding hydrogens is 392 g/mol. The Morgan fingerprint density at radius 1 is 1.10 bits per heavy atom. The molecule has 0 spiro atoms. The van der Waals surface area contributed by atoms with Crippen molar-refractivity contribution in [3.05, 3.63) is 35.4 Å². The third kappa shape index (κ3) is 4.12. The van der Waals surface area contributed by atoms with E-state index in [0.717, 1.165) is 31.4 Å². The Balaban J connectivity index is 1.26. The molecule has 1 unspecified atom stereocenters. The molecule has 4 bridgehead atoms. The van der Waals surface area contributed by atoms with Gasteiger partial charge < -0.3 is 10.1 Å². The Morgan fingerprint density at radius 2 is 1.70 bits per heavy atom. The summed E-state index contributed by atoms with van der Waals surface area (Å²) >= 11 is 0. The summed E-state index contributed by atoms with van der Waals surface area (Å²) in [5.41, 5.74) is -0.627. The van der Waals surface area contributed by atoms with Gasteiger partial charge in [-0.3, -0.25) is 14.4 Å². The maximum atomic E-state index is 13.6. The van der Waals surface area contributed by atoms with E-state index in [1.165, 1.54) is 19.3 Å². The van der Waals surface area contributed by atoms with E-state index in [1.807, 2.05) is 0 Å². The van der Waals surface area contributed by atoms with Crippen LogP contribution < -0.4 is 5.32 Å². The van der Waals surface area contributed by atoms with E-state index in [-0.39, 0.29) is 29.7 Å². The fraction of sp³-hybridized carbons (Fsp3) is 0.609. The minimum absolute atomic E-state index is 0.0346. The van der Waals surface area contributed by atoms with Gasteiger partial charge in [0.05, 0.1) is 12.0 Å². The highest BCUT2D eigenvalue weighted by Gasteiger charge is 2.55. The molecule has 1 atom stereocenters. The largest absolute Gasteiger partial charge is 0.455 e. The number of hydrogen-bond acceptors (Lipinski definition) is 4. The SMILES string of the molecule is CC(OC(=O)CCNC(=O)c1ccc(F)cc1F)C(=O)C12CC3CC(CC(C3)C1)C2. The van der Waals surface area contributed by atoms with E-state index >= 15 is 0 Å². The average Bonchev–Trinajstić information content (AvgIpc) is 2.66. The second-order valence-electron chi connectivity index (χ2n) is 9.32. The van der Waals surface area contributed by atoms with Gasteiger partial charge in [0.15, 0.2) is 11.9 Å². The Labute approximate surface area is 174 Å². The smallest absolute Gasteiger partial charge is 0.308 e. The lowest BCUT2D eigenvalue weighted by Gasteiger charge is -2.56. The molecular formula is C23H27F2NO4.